The first-order chi connectivity index (χ1) is 10.2. The summed E-state index contributed by atoms with van der Waals surface area (Å²) in [5.74, 6) is 0.532. The molecule has 1 N–H and O–H groups in total. The van der Waals surface area contributed by atoms with Crippen molar-refractivity contribution in [2.45, 2.75) is 49.4 Å². The first-order valence-corrected chi connectivity index (χ1v) is 8.34. The van der Waals surface area contributed by atoms with Crippen molar-refractivity contribution in [2.75, 3.05) is 5.75 Å². The van der Waals surface area contributed by atoms with Gasteiger partial charge < -0.3 is 5.11 Å². The number of aliphatic hydroxyl groups is 1. The number of thioether (sulfide) groups is 1. The van der Waals surface area contributed by atoms with Crippen LogP contribution in [0.2, 0.25) is 0 Å². The summed E-state index contributed by atoms with van der Waals surface area (Å²) in [7, 11) is 0. The van der Waals surface area contributed by atoms with Gasteiger partial charge in [-0.25, -0.2) is 4.68 Å². The number of tetrazole rings is 1. The molecule has 1 aromatic carbocycles. The Morgan fingerprint density at radius 1 is 1.29 bits per heavy atom. The summed E-state index contributed by atoms with van der Waals surface area (Å²) in [4.78, 5) is 0. The molecule has 6 heteroatoms. The fourth-order valence-electron chi connectivity index (χ4n) is 2.74. The molecule has 21 heavy (non-hydrogen) atoms. The van der Waals surface area contributed by atoms with Crippen LogP contribution in [0.25, 0.3) is 0 Å². The molecule has 1 saturated carbocycles. The summed E-state index contributed by atoms with van der Waals surface area (Å²) in [5, 5.41) is 23.5. The van der Waals surface area contributed by atoms with Crippen molar-refractivity contribution < 1.29 is 5.11 Å². The zero-order valence-electron chi connectivity index (χ0n) is 12.1. The molecule has 0 radical (unpaired) electrons. The standard InChI is InChI=1S/C15H20N4OS/c1-15(20,12-7-3-2-4-8-12)11-21-14-16-17-18-19(14)13-9-5-6-10-13/h2-4,7-8,13,20H,5-6,9-11H2,1H3. The molecule has 0 aliphatic heterocycles. The summed E-state index contributed by atoms with van der Waals surface area (Å²) in [6.45, 7) is 1.83. The fourth-order valence-corrected chi connectivity index (χ4v) is 3.73. The van der Waals surface area contributed by atoms with Crippen molar-refractivity contribution in [1.82, 2.24) is 20.2 Å². The number of hydrogen-bond acceptors (Lipinski definition) is 5. The van der Waals surface area contributed by atoms with Crippen LogP contribution < -0.4 is 0 Å². The number of aromatic nitrogens is 4. The molecule has 0 spiro atoms. The molecular weight excluding hydrogens is 284 g/mol. The molecule has 0 saturated heterocycles. The SMILES string of the molecule is CC(O)(CSc1nnnn1C1CCCC1)c1ccccc1. The Kier molecular flexibility index (Phi) is 4.26. The van der Waals surface area contributed by atoms with E-state index in [-0.39, 0.29) is 0 Å². The zero-order chi connectivity index (χ0) is 14.7. The molecule has 1 aliphatic carbocycles. The van der Waals surface area contributed by atoms with E-state index in [0.717, 1.165) is 23.6 Å². The Labute approximate surface area is 128 Å². The van der Waals surface area contributed by atoms with Crippen LogP contribution in [0.1, 0.15) is 44.2 Å². The van der Waals surface area contributed by atoms with E-state index in [0.29, 0.717) is 11.8 Å². The van der Waals surface area contributed by atoms with Crippen LogP contribution in [0.5, 0.6) is 0 Å². The van der Waals surface area contributed by atoms with E-state index in [1.807, 2.05) is 41.9 Å². The largest absolute Gasteiger partial charge is 0.385 e. The van der Waals surface area contributed by atoms with E-state index < -0.39 is 5.60 Å². The molecule has 0 amide bonds. The maximum atomic E-state index is 10.6. The number of benzene rings is 1. The van der Waals surface area contributed by atoms with E-state index in [2.05, 4.69) is 15.5 Å². The van der Waals surface area contributed by atoms with Gasteiger partial charge in [0.25, 0.3) is 0 Å². The molecule has 1 fully saturated rings. The lowest BCUT2D eigenvalue weighted by Crippen LogP contribution is -2.24. The second-order valence-electron chi connectivity index (χ2n) is 5.77. The Balaban J connectivity index is 1.69. The lowest BCUT2D eigenvalue weighted by Gasteiger charge is -2.23. The predicted octanol–water partition coefficient (Wildman–Crippen LogP) is 2.79. The van der Waals surface area contributed by atoms with Crippen LogP contribution >= 0.6 is 11.8 Å². The average molecular weight is 304 g/mol. The topological polar surface area (TPSA) is 63.8 Å². The van der Waals surface area contributed by atoms with Crippen molar-refractivity contribution in [2.24, 2.45) is 0 Å². The van der Waals surface area contributed by atoms with Gasteiger partial charge in [-0.2, -0.15) is 0 Å². The Morgan fingerprint density at radius 2 is 2.00 bits per heavy atom. The van der Waals surface area contributed by atoms with E-state index >= 15 is 0 Å². The molecular formula is C15H20N4OS. The minimum atomic E-state index is -0.890. The third-order valence-corrected chi connectivity index (χ3v) is 5.24. The highest BCUT2D eigenvalue weighted by molar-refractivity contribution is 7.99. The van der Waals surface area contributed by atoms with Crippen LogP contribution in [0.4, 0.5) is 0 Å². The van der Waals surface area contributed by atoms with E-state index in [1.165, 1.54) is 24.6 Å². The Hall–Kier alpha value is -1.40. The zero-order valence-corrected chi connectivity index (χ0v) is 13.0. The van der Waals surface area contributed by atoms with Gasteiger partial charge in [-0.3, -0.25) is 0 Å². The first-order valence-electron chi connectivity index (χ1n) is 7.35. The maximum absolute atomic E-state index is 10.6. The van der Waals surface area contributed by atoms with Gasteiger partial charge in [-0.1, -0.05) is 54.9 Å². The smallest absolute Gasteiger partial charge is 0.209 e. The number of hydrogen-bond donors (Lipinski definition) is 1. The van der Waals surface area contributed by atoms with Gasteiger partial charge in [0.2, 0.25) is 5.16 Å². The lowest BCUT2D eigenvalue weighted by atomic mass is 9.99. The highest BCUT2D eigenvalue weighted by Gasteiger charge is 2.26. The number of nitrogens with zero attached hydrogens (tertiary/aromatic N) is 4. The lowest BCUT2D eigenvalue weighted by molar-refractivity contribution is 0.0838. The van der Waals surface area contributed by atoms with Crippen LogP contribution in [0.3, 0.4) is 0 Å². The minimum Gasteiger partial charge on any atom is -0.385 e. The summed E-state index contributed by atoms with van der Waals surface area (Å²) in [5.41, 5.74) is 0.0238. The predicted molar refractivity (Wildman–Crippen MR) is 82.1 cm³/mol. The molecule has 0 bridgehead atoms. The first kappa shape index (κ1) is 14.5. The third kappa shape index (κ3) is 3.27. The van der Waals surface area contributed by atoms with Crippen molar-refractivity contribution in [3.63, 3.8) is 0 Å². The Morgan fingerprint density at radius 3 is 2.71 bits per heavy atom. The van der Waals surface area contributed by atoms with Gasteiger partial charge in [0, 0.05) is 5.75 Å². The molecule has 1 unspecified atom stereocenters. The van der Waals surface area contributed by atoms with Gasteiger partial charge in [-0.05, 0) is 35.8 Å². The summed E-state index contributed by atoms with van der Waals surface area (Å²) in [6, 6.07) is 10.1. The summed E-state index contributed by atoms with van der Waals surface area (Å²) >= 11 is 1.52. The van der Waals surface area contributed by atoms with Crippen LogP contribution in [-0.2, 0) is 5.60 Å². The van der Waals surface area contributed by atoms with Crippen LogP contribution in [0, 0.1) is 0 Å². The molecule has 1 atom stereocenters. The second kappa shape index (κ2) is 6.15. The van der Waals surface area contributed by atoms with Crippen molar-refractivity contribution in [1.29, 1.82) is 0 Å². The van der Waals surface area contributed by atoms with Crippen molar-refractivity contribution >= 4 is 11.8 Å². The van der Waals surface area contributed by atoms with E-state index in [1.54, 1.807) is 0 Å². The summed E-state index contributed by atoms with van der Waals surface area (Å²) < 4.78 is 1.93. The van der Waals surface area contributed by atoms with E-state index in [9.17, 15) is 5.11 Å². The molecule has 112 valence electrons. The van der Waals surface area contributed by atoms with Crippen molar-refractivity contribution in [3.8, 4) is 0 Å². The van der Waals surface area contributed by atoms with Crippen LogP contribution in [0.15, 0.2) is 35.5 Å². The second-order valence-corrected chi connectivity index (χ2v) is 6.72. The molecule has 1 aromatic heterocycles. The molecule has 1 heterocycles. The summed E-state index contributed by atoms with van der Waals surface area (Å²) in [6.07, 6.45) is 4.79. The number of rotatable bonds is 5. The Bertz CT molecular complexity index is 578. The van der Waals surface area contributed by atoms with Gasteiger partial charge in [0.15, 0.2) is 0 Å². The highest BCUT2D eigenvalue weighted by atomic mass is 32.2. The van der Waals surface area contributed by atoms with Crippen LogP contribution in [-0.4, -0.2) is 31.1 Å². The monoisotopic (exact) mass is 304 g/mol. The van der Waals surface area contributed by atoms with Gasteiger partial charge >= 0.3 is 0 Å². The van der Waals surface area contributed by atoms with Gasteiger partial charge in [0.1, 0.15) is 0 Å². The molecule has 5 nitrogen and oxygen atoms in total. The quantitative estimate of drug-likeness (QED) is 0.861. The van der Waals surface area contributed by atoms with Crippen molar-refractivity contribution in [3.05, 3.63) is 35.9 Å². The molecule has 2 aromatic rings. The highest BCUT2D eigenvalue weighted by Crippen LogP contribution is 2.33. The van der Waals surface area contributed by atoms with E-state index in [4.69, 9.17) is 0 Å². The molecule has 1 aliphatic rings. The maximum Gasteiger partial charge on any atom is 0.209 e. The molecule has 3 rings (SSSR count). The normalized spacial score (nSPS) is 18.8. The third-order valence-electron chi connectivity index (χ3n) is 4.01. The average Bonchev–Trinajstić information content (AvgIpc) is 3.17. The van der Waals surface area contributed by atoms with Gasteiger partial charge in [-0.15, -0.1) is 5.10 Å². The van der Waals surface area contributed by atoms with Gasteiger partial charge in [0.05, 0.1) is 11.6 Å². The minimum absolute atomic E-state index is 0.421. The fraction of sp³-hybridized carbons (Fsp3) is 0.533.